The minimum Gasteiger partial charge on any atom is -0.497 e. The zero-order valence-corrected chi connectivity index (χ0v) is 17.9. The van der Waals surface area contributed by atoms with E-state index < -0.39 is 0 Å². The van der Waals surface area contributed by atoms with Crippen LogP contribution in [0.25, 0.3) is 22.3 Å². The van der Waals surface area contributed by atoms with Crippen molar-refractivity contribution in [3.05, 3.63) is 112 Å². The second-order valence-corrected chi connectivity index (χ2v) is 7.41. The number of methoxy groups -OCH3 is 1. The lowest BCUT2D eigenvalue weighted by atomic mass is 9.93. The standard InChI is InChI=1S/C27H23NO4/c1-19-9-6-7-12-22(19)24-13-8-14-25(27(24)28(29)30)23-16-15-21(31-2)17-26(23)32-18-20-10-4-3-5-11-20/h3-17H,18H2,1-2H3. The normalized spacial score (nSPS) is 10.6. The Morgan fingerprint density at radius 1 is 0.781 bits per heavy atom. The van der Waals surface area contributed by atoms with E-state index in [1.807, 2.05) is 73.7 Å². The molecule has 32 heavy (non-hydrogen) atoms. The molecule has 0 saturated heterocycles. The van der Waals surface area contributed by atoms with Crippen LogP contribution in [0.5, 0.6) is 11.5 Å². The molecule has 0 unspecified atom stereocenters. The molecule has 0 aliphatic carbocycles. The monoisotopic (exact) mass is 425 g/mol. The van der Waals surface area contributed by atoms with E-state index in [0.717, 1.165) is 16.7 Å². The van der Waals surface area contributed by atoms with Gasteiger partial charge in [0, 0.05) is 11.6 Å². The number of nitro groups is 1. The van der Waals surface area contributed by atoms with Gasteiger partial charge >= 0.3 is 0 Å². The summed E-state index contributed by atoms with van der Waals surface area (Å²) in [6.07, 6.45) is 0. The average molecular weight is 425 g/mol. The highest BCUT2D eigenvalue weighted by molar-refractivity contribution is 5.89. The van der Waals surface area contributed by atoms with Crippen LogP contribution >= 0.6 is 0 Å². The maximum atomic E-state index is 12.3. The number of hydrogen-bond donors (Lipinski definition) is 0. The Balaban J connectivity index is 1.85. The average Bonchev–Trinajstić information content (AvgIpc) is 2.83. The van der Waals surface area contributed by atoms with Crippen LogP contribution < -0.4 is 9.47 Å². The van der Waals surface area contributed by atoms with Gasteiger partial charge in [-0.25, -0.2) is 0 Å². The number of benzene rings is 4. The van der Waals surface area contributed by atoms with Gasteiger partial charge in [0.1, 0.15) is 18.1 Å². The lowest BCUT2D eigenvalue weighted by Gasteiger charge is -2.15. The molecule has 0 heterocycles. The Hall–Kier alpha value is -4.12. The van der Waals surface area contributed by atoms with E-state index in [-0.39, 0.29) is 10.6 Å². The molecule has 0 N–H and O–H groups in total. The summed E-state index contributed by atoms with van der Waals surface area (Å²) in [6, 6.07) is 28.2. The Labute approximate surface area is 187 Å². The molecule has 0 bridgehead atoms. The Morgan fingerprint density at radius 3 is 2.12 bits per heavy atom. The number of nitro benzene ring substituents is 1. The van der Waals surface area contributed by atoms with Crippen molar-refractivity contribution in [2.45, 2.75) is 13.5 Å². The van der Waals surface area contributed by atoms with Gasteiger partial charge in [0.2, 0.25) is 0 Å². The predicted molar refractivity (Wildman–Crippen MR) is 126 cm³/mol. The summed E-state index contributed by atoms with van der Waals surface area (Å²) in [6.45, 7) is 2.29. The second-order valence-electron chi connectivity index (χ2n) is 7.41. The fraction of sp³-hybridized carbons (Fsp3) is 0.111. The third-order valence-corrected chi connectivity index (χ3v) is 5.37. The number of hydrogen-bond acceptors (Lipinski definition) is 4. The molecule has 0 aliphatic heterocycles. The molecule has 0 fully saturated rings. The molecule has 0 spiro atoms. The third-order valence-electron chi connectivity index (χ3n) is 5.37. The van der Waals surface area contributed by atoms with Gasteiger partial charge in [-0.3, -0.25) is 10.1 Å². The number of nitrogens with zero attached hydrogens (tertiary/aromatic N) is 1. The highest BCUT2D eigenvalue weighted by Gasteiger charge is 2.24. The van der Waals surface area contributed by atoms with Crippen molar-refractivity contribution >= 4 is 5.69 Å². The van der Waals surface area contributed by atoms with E-state index in [2.05, 4.69) is 0 Å². The summed E-state index contributed by atoms with van der Waals surface area (Å²) >= 11 is 0. The molecule has 0 amide bonds. The van der Waals surface area contributed by atoms with Crippen LogP contribution in [-0.4, -0.2) is 12.0 Å². The molecule has 0 aliphatic rings. The van der Waals surface area contributed by atoms with E-state index in [1.54, 1.807) is 31.4 Å². The van der Waals surface area contributed by atoms with Crippen LogP contribution in [0.4, 0.5) is 5.69 Å². The van der Waals surface area contributed by atoms with Crippen molar-refractivity contribution in [3.8, 4) is 33.8 Å². The molecule has 5 nitrogen and oxygen atoms in total. The topological polar surface area (TPSA) is 61.6 Å². The lowest BCUT2D eigenvalue weighted by molar-refractivity contribution is -0.383. The number of ether oxygens (including phenoxy) is 2. The van der Waals surface area contributed by atoms with Crippen LogP contribution in [0.2, 0.25) is 0 Å². The van der Waals surface area contributed by atoms with Gasteiger partial charge < -0.3 is 9.47 Å². The molecule has 0 radical (unpaired) electrons. The highest BCUT2D eigenvalue weighted by Crippen LogP contribution is 2.43. The number of aryl methyl sites for hydroxylation is 1. The Bertz CT molecular complexity index is 1250. The van der Waals surface area contributed by atoms with E-state index in [0.29, 0.717) is 34.8 Å². The third kappa shape index (κ3) is 4.32. The first kappa shape index (κ1) is 21.1. The van der Waals surface area contributed by atoms with Crippen molar-refractivity contribution in [1.29, 1.82) is 0 Å². The molecule has 5 heteroatoms. The highest BCUT2D eigenvalue weighted by atomic mass is 16.6. The minimum atomic E-state index is -0.317. The SMILES string of the molecule is COc1ccc(-c2cccc(-c3ccccc3C)c2[N+](=O)[O-])c(OCc2ccccc2)c1. The van der Waals surface area contributed by atoms with Crippen LogP contribution in [0.1, 0.15) is 11.1 Å². The molecule has 0 atom stereocenters. The van der Waals surface area contributed by atoms with Crippen LogP contribution in [0.3, 0.4) is 0 Å². The van der Waals surface area contributed by atoms with Gasteiger partial charge in [0.25, 0.3) is 5.69 Å². The van der Waals surface area contributed by atoms with Gasteiger partial charge in [-0.1, -0.05) is 60.7 Å². The summed E-state index contributed by atoms with van der Waals surface area (Å²) < 4.78 is 11.5. The quantitative estimate of drug-likeness (QED) is 0.241. The van der Waals surface area contributed by atoms with Crippen LogP contribution in [-0.2, 0) is 6.61 Å². The molecular weight excluding hydrogens is 402 g/mol. The summed E-state index contributed by atoms with van der Waals surface area (Å²) in [5.74, 6) is 1.15. The second kappa shape index (κ2) is 9.35. The smallest absolute Gasteiger partial charge is 0.285 e. The maximum Gasteiger partial charge on any atom is 0.285 e. The number of rotatable bonds is 7. The maximum absolute atomic E-state index is 12.3. The predicted octanol–water partition coefficient (Wildman–Crippen LogP) is 6.82. The van der Waals surface area contributed by atoms with E-state index in [1.165, 1.54) is 0 Å². The zero-order chi connectivity index (χ0) is 22.5. The van der Waals surface area contributed by atoms with E-state index in [9.17, 15) is 10.1 Å². The first-order chi connectivity index (χ1) is 15.6. The molecule has 0 aromatic heterocycles. The molecule has 4 rings (SSSR count). The molecular formula is C27H23NO4. The molecule has 0 saturated carbocycles. The van der Waals surface area contributed by atoms with Gasteiger partial charge in [-0.15, -0.1) is 0 Å². The van der Waals surface area contributed by atoms with E-state index >= 15 is 0 Å². The van der Waals surface area contributed by atoms with Crippen molar-refractivity contribution in [3.63, 3.8) is 0 Å². The fourth-order valence-corrected chi connectivity index (χ4v) is 3.76. The molecule has 4 aromatic rings. The fourth-order valence-electron chi connectivity index (χ4n) is 3.76. The summed E-state index contributed by atoms with van der Waals surface area (Å²) in [4.78, 5) is 11.9. The van der Waals surface area contributed by atoms with Gasteiger partial charge in [0.15, 0.2) is 0 Å². The van der Waals surface area contributed by atoms with Gasteiger partial charge in [0.05, 0.1) is 23.2 Å². The Morgan fingerprint density at radius 2 is 1.44 bits per heavy atom. The van der Waals surface area contributed by atoms with E-state index in [4.69, 9.17) is 9.47 Å². The number of para-hydroxylation sites is 1. The summed E-state index contributed by atoms with van der Waals surface area (Å²) in [5, 5.41) is 12.3. The minimum absolute atomic E-state index is 0.0523. The van der Waals surface area contributed by atoms with Crippen molar-refractivity contribution in [2.24, 2.45) is 0 Å². The van der Waals surface area contributed by atoms with Crippen LogP contribution in [0, 0.1) is 17.0 Å². The molecule has 160 valence electrons. The van der Waals surface area contributed by atoms with Crippen molar-refractivity contribution < 1.29 is 14.4 Å². The molecule has 4 aromatic carbocycles. The lowest BCUT2D eigenvalue weighted by Crippen LogP contribution is -2.00. The first-order valence-corrected chi connectivity index (χ1v) is 10.3. The first-order valence-electron chi connectivity index (χ1n) is 10.3. The van der Waals surface area contributed by atoms with Crippen molar-refractivity contribution in [1.82, 2.24) is 0 Å². The summed E-state index contributed by atoms with van der Waals surface area (Å²) in [7, 11) is 1.58. The van der Waals surface area contributed by atoms with Gasteiger partial charge in [-0.2, -0.15) is 0 Å². The largest absolute Gasteiger partial charge is 0.497 e. The van der Waals surface area contributed by atoms with Gasteiger partial charge in [-0.05, 0) is 47.9 Å². The summed E-state index contributed by atoms with van der Waals surface area (Å²) in [5.41, 5.74) is 4.59. The Kier molecular flexibility index (Phi) is 6.17. The van der Waals surface area contributed by atoms with Crippen molar-refractivity contribution in [2.75, 3.05) is 7.11 Å². The van der Waals surface area contributed by atoms with Crippen LogP contribution in [0.15, 0.2) is 91.0 Å². The zero-order valence-electron chi connectivity index (χ0n) is 17.9.